The fourth-order valence-electron chi connectivity index (χ4n) is 4.88. The summed E-state index contributed by atoms with van der Waals surface area (Å²) >= 11 is 0. The first-order chi connectivity index (χ1) is 17.1. The van der Waals surface area contributed by atoms with Crippen molar-refractivity contribution in [1.82, 2.24) is 34.9 Å². The molecular weight excluding hydrogens is 444 g/mol. The number of fused-ring (bicyclic) bond motifs is 2. The number of benzene rings is 1. The van der Waals surface area contributed by atoms with Crippen LogP contribution in [-0.4, -0.2) is 36.8 Å². The van der Waals surface area contributed by atoms with Crippen LogP contribution in [0.5, 0.6) is 0 Å². The van der Waals surface area contributed by atoms with Crippen LogP contribution in [0.2, 0.25) is 0 Å². The fourth-order valence-corrected chi connectivity index (χ4v) is 4.88. The number of aromatic nitrogens is 5. The van der Waals surface area contributed by atoms with Crippen LogP contribution in [0, 0.1) is 0 Å². The molecule has 0 radical (unpaired) electrons. The molecule has 0 saturated carbocycles. The zero-order valence-corrected chi connectivity index (χ0v) is 19.4. The monoisotopic (exact) mass is 470 g/mol. The highest BCUT2D eigenvalue weighted by atomic mass is 16.2. The van der Waals surface area contributed by atoms with Gasteiger partial charge in [-0.2, -0.15) is 4.98 Å². The molecule has 1 saturated heterocycles. The number of pyridine rings is 1. The zero-order chi connectivity index (χ0) is 23.9. The van der Waals surface area contributed by atoms with Crippen LogP contribution in [-0.2, 0) is 24.3 Å². The molecule has 2 aliphatic rings. The van der Waals surface area contributed by atoms with E-state index in [4.69, 9.17) is 9.97 Å². The number of anilines is 2. The van der Waals surface area contributed by atoms with Gasteiger partial charge in [-0.15, -0.1) is 0 Å². The average Bonchev–Trinajstić information content (AvgIpc) is 3.44. The van der Waals surface area contributed by atoms with Gasteiger partial charge in [-0.3, -0.25) is 9.59 Å². The molecule has 0 aliphatic carbocycles. The van der Waals surface area contributed by atoms with Crippen LogP contribution in [0.1, 0.15) is 42.6 Å². The molecule has 35 heavy (non-hydrogen) atoms. The van der Waals surface area contributed by atoms with Gasteiger partial charge in [0.25, 0.3) is 5.56 Å². The minimum atomic E-state index is -0.171. The number of nitrogens with one attached hydrogen (secondary N) is 3. The van der Waals surface area contributed by atoms with Crippen LogP contribution >= 0.6 is 0 Å². The molecule has 1 aromatic carbocycles. The molecule has 3 aromatic heterocycles. The molecule has 5 heterocycles. The summed E-state index contributed by atoms with van der Waals surface area (Å²) < 4.78 is 3.34. The van der Waals surface area contributed by atoms with Crippen molar-refractivity contribution in [2.45, 2.75) is 45.3 Å². The summed E-state index contributed by atoms with van der Waals surface area (Å²) in [5, 5.41) is 10.1. The second-order valence-electron chi connectivity index (χ2n) is 8.88. The molecule has 4 aromatic rings. The summed E-state index contributed by atoms with van der Waals surface area (Å²) in [6.07, 6.45) is 3.78. The molecule has 0 spiro atoms. The highest BCUT2D eigenvalue weighted by Gasteiger charge is 2.24. The van der Waals surface area contributed by atoms with Crippen molar-refractivity contribution < 1.29 is 4.79 Å². The molecule has 178 valence electrons. The molecule has 6 rings (SSSR count). The Hall–Kier alpha value is -4.05. The zero-order valence-electron chi connectivity index (χ0n) is 19.4. The SMILES string of the molecule is CCn1c(=O)c2cnc(Nc3ccc4c(c3)CNCC4)nc2n1-c1cccc(C2CCC(=O)N2)n1. The van der Waals surface area contributed by atoms with E-state index >= 15 is 0 Å². The summed E-state index contributed by atoms with van der Waals surface area (Å²) in [5.74, 6) is 1.00. The van der Waals surface area contributed by atoms with Gasteiger partial charge >= 0.3 is 0 Å². The van der Waals surface area contributed by atoms with Crippen molar-refractivity contribution >= 4 is 28.6 Å². The van der Waals surface area contributed by atoms with Crippen LogP contribution < -0.4 is 21.5 Å². The summed E-state index contributed by atoms with van der Waals surface area (Å²) in [6, 6.07) is 11.8. The number of rotatable bonds is 5. The van der Waals surface area contributed by atoms with E-state index in [1.807, 2.05) is 31.2 Å². The third-order valence-electron chi connectivity index (χ3n) is 6.65. The van der Waals surface area contributed by atoms with Gasteiger partial charge in [-0.1, -0.05) is 12.1 Å². The van der Waals surface area contributed by atoms with Gasteiger partial charge < -0.3 is 16.0 Å². The highest BCUT2D eigenvalue weighted by molar-refractivity contribution is 5.79. The fraction of sp³-hybridized carbons (Fsp3) is 0.320. The van der Waals surface area contributed by atoms with E-state index < -0.39 is 0 Å². The predicted octanol–water partition coefficient (Wildman–Crippen LogP) is 2.34. The van der Waals surface area contributed by atoms with Gasteiger partial charge in [0.1, 0.15) is 5.39 Å². The van der Waals surface area contributed by atoms with Crippen molar-refractivity contribution in [3.8, 4) is 5.82 Å². The van der Waals surface area contributed by atoms with Crippen molar-refractivity contribution in [2.75, 3.05) is 11.9 Å². The summed E-state index contributed by atoms with van der Waals surface area (Å²) in [5.41, 5.74) is 4.58. The molecule has 1 unspecified atom stereocenters. The number of nitrogens with zero attached hydrogens (tertiary/aromatic N) is 5. The molecule has 3 N–H and O–H groups in total. The predicted molar refractivity (Wildman–Crippen MR) is 132 cm³/mol. The molecule has 1 atom stereocenters. The van der Waals surface area contributed by atoms with Gasteiger partial charge in [-0.05, 0) is 61.7 Å². The quantitative estimate of drug-likeness (QED) is 0.410. The Labute approximate surface area is 201 Å². The van der Waals surface area contributed by atoms with Crippen LogP contribution in [0.4, 0.5) is 11.6 Å². The number of hydrogen-bond donors (Lipinski definition) is 3. The third kappa shape index (κ3) is 3.85. The minimum Gasteiger partial charge on any atom is -0.348 e. The topological polar surface area (TPSA) is 119 Å². The summed E-state index contributed by atoms with van der Waals surface area (Å²) in [4.78, 5) is 38.8. The van der Waals surface area contributed by atoms with Crippen molar-refractivity contribution in [3.05, 3.63) is 69.8 Å². The van der Waals surface area contributed by atoms with Crippen LogP contribution in [0.15, 0.2) is 47.4 Å². The Bertz CT molecular complexity index is 1510. The second kappa shape index (κ2) is 8.62. The second-order valence-corrected chi connectivity index (χ2v) is 8.88. The van der Waals surface area contributed by atoms with E-state index in [1.165, 1.54) is 11.1 Å². The van der Waals surface area contributed by atoms with Gasteiger partial charge in [0, 0.05) is 31.4 Å². The van der Waals surface area contributed by atoms with Gasteiger partial charge in [0.05, 0.1) is 11.7 Å². The van der Waals surface area contributed by atoms with E-state index in [0.29, 0.717) is 42.2 Å². The normalized spacial score (nSPS) is 17.4. The minimum absolute atomic E-state index is 0.0282. The third-order valence-corrected chi connectivity index (χ3v) is 6.65. The Morgan fingerprint density at radius 3 is 2.86 bits per heavy atom. The maximum Gasteiger partial charge on any atom is 0.278 e. The van der Waals surface area contributed by atoms with E-state index in [0.717, 1.165) is 30.9 Å². The maximum absolute atomic E-state index is 13.1. The summed E-state index contributed by atoms with van der Waals surface area (Å²) in [6.45, 7) is 4.19. The first-order valence-electron chi connectivity index (χ1n) is 12.0. The number of carbonyl (C=O) groups is 1. The number of carbonyl (C=O) groups excluding carboxylic acids is 1. The highest BCUT2D eigenvalue weighted by Crippen LogP contribution is 2.25. The summed E-state index contributed by atoms with van der Waals surface area (Å²) in [7, 11) is 0. The van der Waals surface area contributed by atoms with Crippen molar-refractivity contribution in [3.63, 3.8) is 0 Å². The molecule has 10 heteroatoms. The first kappa shape index (κ1) is 21.5. The van der Waals surface area contributed by atoms with Gasteiger partial charge in [0.15, 0.2) is 11.5 Å². The first-order valence-corrected chi connectivity index (χ1v) is 12.0. The standard InChI is InChI=1S/C25H26N8O2/c1-2-32-24(35)18-14-27-25(28-17-7-6-15-10-11-26-13-16(15)12-17)31-23(18)33(32)21-5-3-4-19(29-21)20-8-9-22(34)30-20/h3-7,12,14,20,26H,2,8-11,13H2,1H3,(H,30,34)(H,27,28,31). The van der Waals surface area contributed by atoms with Gasteiger partial charge in [0.2, 0.25) is 11.9 Å². The molecule has 2 aliphatic heterocycles. The smallest absolute Gasteiger partial charge is 0.278 e. The van der Waals surface area contributed by atoms with Crippen LogP contribution in [0.3, 0.4) is 0 Å². The lowest BCUT2D eigenvalue weighted by Crippen LogP contribution is -2.23. The lowest BCUT2D eigenvalue weighted by atomic mass is 10.0. The Morgan fingerprint density at radius 2 is 2.03 bits per heavy atom. The van der Waals surface area contributed by atoms with Crippen LogP contribution in [0.25, 0.3) is 16.9 Å². The molecule has 1 fully saturated rings. The largest absolute Gasteiger partial charge is 0.348 e. The van der Waals surface area contributed by atoms with Gasteiger partial charge in [-0.25, -0.2) is 19.3 Å². The molecule has 10 nitrogen and oxygen atoms in total. The van der Waals surface area contributed by atoms with E-state index in [2.05, 4.69) is 33.1 Å². The molecule has 0 bridgehead atoms. The molecular formula is C25H26N8O2. The number of amides is 1. The average molecular weight is 471 g/mol. The Kier molecular flexibility index (Phi) is 5.29. The van der Waals surface area contributed by atoms with E-state index in [1.54, 1.807) is 15.6 Å². The lowest BCUT2D eigenvalue weighted by molar-refractivity contribution is -0.119. The van der Waals surface area contributed by atoms with E-state index in [9.17, 15) is 9.59 Å². The maximum atomic E-state index is 13.1. The lowest BCUT2D eigenvalue weighted by Gasteiger charge is -2.18. The Morgan fingerprint density at radius 1 is 1.11 bits per heavy atom. The number of hydrogen-bond acceptors (Lipinski definition) is 7. The van der Waals surface area contributed by atoms with Crippen molar-refractivity contribution in [1.29, 1.82) is 0 Å². The van der Waals surface area contributed by atoms with E-state index in [-0.39, 0.29) is 17.5 Å². The molecule has 1 amide bonds. The Balaban J connectivity index is 1.41. The van der Waals surface area contributed by atoms with Crippen molar-refractivity contribution in [2.24, 2.45) is 0 Å².